The fourth-order valence-corrected chi connectivity index (χ4v) is 5.80. The zero-order valence-corrected chi connectivity index (χ0v) is 18.7. The normalized spacial score (nSPS) is 14.6. The molecule has 0 unspecified atom stereocenters. The molecule has 4 nitrogen and oxygen atoms in total. The Balaban J connectivity index is 1.26. The van der Waals surface area contributed by atoms with Crippen LogP contribution in [0.1, 0.15) is 24.0 Å². The van der Waals surface area contributed by atoms with E-state index < -0.39 is 0 Å². The number of nitrogens with zero attached hydrogens (tertiary/aromatic N) is 3. The summed E-state index contributed by atoms with van der Waals surface area (Å²) in [6, 6.07) is 14.8. The molecule has 0 atom stereocenters. The molecule has 1 fully saturated rings. The maximum atomic E-state index is 12.6. The van der Waals surface area contributed by atoms with Crippen molar-refractivity contribution in [2.45, 2.75) is 31.6 Å². The molecule has 152 valence electrons. The number of thiazole rings is 1. The molecule has 1 saturated heterocycles. The molecule has 0 aliphatic carbocycles. The van der Waals surface area contributed by atoms with Crippen LogP contribution in [0.2, 0.25) is 0 Å². The smallest absolute Gasteiger partial charge is 0.222 e. The average molecular weight is 426 g/mol. The van der Waals surface area contributed by atoms with Gasteiger partial charge >= 0.3 is 0 Å². The van der Waals surface area contributed by atoms with Gasteiger partial charge < -0.3 is 9.80 Å². The number of aromatic nitrogens is 1. The van der Waals surface area contributed by atoms with Crippen molar-refractivity contribution in [2.24, 2.45) is 0 Å². The van der Waals surface area contributed by atoms with Crippen LogP contribution < -0.4 is 4.90 Å². The highest BCUT2D eigenvalue weighted by Gasteiger charge is 2.23. The molecule has 0 bridgehead atoms. The minimum Gasteiger partial charge on any atom is -0.345 e. The lowest BCUT2D eigenvalue weighted by atomic mass is 10.1. The largest absolute Gasteiger partial charge is 0.345 e. The van der Waals surface area contributed by atoms with Crippen molar-refractivity contribution in [2.75, 3.05) is 36.8 Å². The van der Waals surface area contributed by atoms with Gasteiger partial charge in [-0.3, -0.25) is 4.79 Å². The molecule has 3 aromatic rings. The Bertz CT molecular complexity index is 978. The van der Waals surface area contributed by atoms with E-state index in [4.69, 9.17) is 4.98 Å². The van der Waals surface area contributed by atoms with E-state index >= 15 is 0 Å². The van der Waals surface area contributed by atoms with Gasteiger partial charge in [-0.2, -0.15) is 0 Å². The molecule has 29 heavy (non-hydrogen) atoms. The van der Waals surface area contributed by atoms with E-state index in [9.17, 15) is 4.79 Å². The third-order valence-corrected chi connectivity index (χ3v) is 7.43. The number of fused-ring (bicyclic) bond motifs is 1. The summed E-state index contributed by atoms with van der Waals surface area (Å²) in [7, 11) is 0. The van der Waals surface area contributed by atoms with E-state index in [-0.39, 0.29) is 5.91 Å². The number of carbonyl (C=O) groups excluding carboxylic acids is 1. The Morgan fingerprint density at radius 3 is 2.62 bits per heavy atom. The minimum absolute atomic E-state index is 0.286. The molecule has 2 aromatic carbocycles. The van der Waals surface area contributed by atoms with Crippen molar-refractivity contribution in [3.05, 3.63) is 53.6 Å². The molecule has 4 rings (SSSR count). The van der Waals surface area contributed by atoms with E-state index in [0.29, 0.717) is 6.42 Å². The molecule has 1 aliphatic rings. The van der Waals surface area contributed by atoms with E-state index in [1.165, 1.54) is 20.7 Å². The van der Waals surface area contributed by atoms with Gasteiger partial charge in [-0.1, -0.05) is 35.6 Å². The Morgan fingerprint density at radius 1 is 1.10 bits per heavy atom. The van der Waals surface area contributed by atoms with Gasteiger partial charge in [0, 0.05) is 37.5 Å². The van der Waals surface area contributed by atoms with E-state index in [1.54, 1.807) is 11.3 Å². The standard InChI is InChI=1S/C23H27N3OS2/c1-17-15-18(2)22-20(16-17)29-23(24-22)26-12-10-25(11-13-26)21(27)9-6-14-28-19-7-4-3-5-8-19/h3-5,7-8,15-16H,6,9-14H2,1-2H3. The number of hydrogen-bond acceptors (Lipinski definition) is 5. The molecule has 0 N–H and O–H groups in total. The summed E-state index contributed by atoms with van der Waals surface area (Å²) in [5.41, 5.74) is 3.64. The summed E-state index contributed by atoms with van der Waals surface area (Å²) in [5, 5.41) is 1.08. The summed E-state index contributed by atoms with van der Waals surface area (Å²) >= 11 is 3.59. The van der Waals surface area contributed by atoms with E-state index in [0.717, 1.165) is 49.0 Å². The molecular weight excluding hydrogens is 398 g/mol. The van der Waals surface area contributed by atoms with Crippen molar-refractivity contribution in [1.29, 1.82) is 0 Å². The van der Waals surface area contributed by atoms with E-state index in [1.807, 2.05) is 22.7 Å². The number of amides is 1. The first kappa shape index (κ1) is 20.2. The lowest BCUT2D eigenvalue weighted by Crippen LogP contribution is -2.48. The van der Waals surface area contributed by atoms with Gasteiger partial charge in [0.05, 0.1) is 10.2 Å². The molecule has 1 amide bonds. The van der Waals surface area contributed by atoms with Gasteiger partial charge in [0.25, 0.3) is 0 Å². The van der Waals surface area contributed by atoms with Crippen LogP contribution in [0.15, 0.2) is 47.4 Å². The third kappa shape index (κ3) is 4.93. The molecule has 0 saturated carbocycles. The molecule has 0 radical (unpaired) electrons. The van der Waals surface area contributed by atoms with Gasteiger partial charge in [0.2, 0.25) is 5.91 Å². The van der Waals surface area contributed by atoms with Crippen LogP contribution in [-0.4, -0.2) is 47.7 Å². The second-order valence-corrected chi connectivity index (χ2v) is 9.74. The SMILES string of the molecule is Cc1cc(C)c2nc(N3CCN(C(=O)CCCSc4ccccc4)CC3)sc2c1. The highest BCUT2D eigenvalue weighted by Crippen LogP contribution is 2.32. The van der Waals surface area contributed by atoms with Crippen LogP contribution in [0.3, 0.4) is 0 Å². The number of hydrogen-bond donors (Lipinski definition) is 0. The van der Waals surface area contributed by atoms with Crippen LogP contribution in [0, 0.1) is 13.8 Å². The Labute approximate surface area is 180 Å². The molecule has 1 aliphatic heterocycles. The van der Waals surface area contributed by atoms with Gasteiger partial charge in [-0.15, -0.1) is 11.8 Å². The van der Waals surface area contributed by atoms with Crippen LogP contribution in [-0.2, 0) is 4.79 Å². The summed E-state index contributed by atoms with van der Waals surface area (Å²) < 4.78 is 1.26. The summed E-state index contributed by atoms with van der Waals surface area (Å²) in [5.74, 6) is 1.27. The first-order valence-electron chi connectivity index (χ1n) is 10.2. The van der Waals surface area contributed by atoms with Crippen LogP contribution in [0.4, 0.5) is 5.13 Å². The lowest BCUT2D eigenvalue weighted by molar-refractivity contribution is -0.131. The minimum atomic E-state index is 0.286. The van der Waals surface area contributed by atoms with Crippen LogP contribution in [0.5, 0.6) is 0 Å². The fourth-order valence-electron chi connectivity index (χ4n) is 3.73. The average Bonchev–Trinajstić information content (AvgIpc) is 3.16. The van der Waals surface area contributed by atoms with Crippen molar-refractivity contribution in [3.63, 3.8) is 0 Å². The molecule has 0 spiro atoms. The lowest BCUT2D eigenvalue weighted by Gasteiger charge is -2.34. The maximum absolute atomic E-state index is 12.6. The van der Waals surface area contributed by atoms with E-state index in [2.05, 4.69) is 55.1 Å². The zero-order chi connectivity index (χ0) is 20.2. The second-order valence-electron chi connectivity index (χ2n) is 7.56. The van der Waals surface area contributed by atoms with Crippen molar-refractivity contribution in [1.82, 2.24) is 9.88 Å². The van der Waals surface area contributed by atoms with Gasteiger partial charge in [0.15, 0.2) is 5.13 Å². The molecule has 6 heteroatoms. The molecule has 2 heterocycles. The quantitative estimate of drug-likeness (QED) is 0.405. The first-order chi connectivity index (χ1) is 14.1. The number of piperazine rings is 1. The third-order valence-electron chi connectivity index (χ3n) is 5.27. The Morgan fingerprint density at radius 2 is 1.86 bits per heavy atom. The van der Waals surface area contributed by atoms with Gasteiger partial charge in [0.1, 0.15) is 0 Å². The number of benzene rings is 2. The summed E-state index contributed by atoms with van der Waals surface area (Å²) in [6.07, 6.45) is 1.56. The summed E-state index contributed by atoms with van der Waals surface area (Å²) in [6.45, 7) is 7.57. The zero-order valence-electron chi connectivity index (χ0n) is 17.1. The first-order valence-corrected chi connectivity index (χ1v) is 12.0. The Hall–Kier alpha value is -2.05. The number of anilines is 1. The van der Waals surface area contributed by atoms with Gasteiger partial charge in [-0.05, 0) is 55.3 Å². The summed E-state index contributed by atoms with van der Waals surface area (Å²) in [4.78, 5) is 23.1. The number of aryl methyl sites for hydroxylation is 2. The van der Waals surface area contributed by atoms with Crippen molar-refractivity contribution >= 4 is 44.4 Å². The maximum Gasteiger partial charge on any atom is 0.222 e. The van der Waals surface area contributed by atoms with Crippen LogP contribution in [0.25, 0.3) is 10.2 Å². The monoisotopic (exact) mass is 425 g/mol. The van der Waals surface area contributed by atoms with Crippen molar-refractivity contribution in [3.8, 4) is 0 Å². The highest BCUT2D eigenvalue weighted by atomic mass is 32.2. The Kier molecular flexibility index (Phi) is 6.40. The number of thioether (sulfide) groups is 1. The number of carbonyl (C=O) groups is 1. The predicted octanol–water partition coefficient (Wildman–Crippen LogP) is 5.13. The highest BCUT2D eigenvalue weighted by molar-refractivity contribution is 7.99. The van der Waals surface area contributed by atoms with Crippen LogP contribution >= 0.6 is 23.1 Å². The number of rotatable bonds is 6. The topological polar surface area (TPSA) is 36.4 Å². The fraction of sp³-hybridized carbons (Fsp3) is 0.391. The van der Waals surface area contributed by atoms with Crippen molar-refractivity contribution < 1.29 is 4.79 Å². The second kappa shape index (κ2) is 9.18. The molecular formula is C23H27N3OS2. The van der Waals surface area contributed by atoms with Gasteiger partial charge in [-0.25, -0.2) is 4.98 Å². The predicted molar refractivity (Wildman–Crippen MR) is 124 cm³/mol. The molecule has 1 aromatic heterocycles.